The van der Waals surface area contributed by atoms with Crippen LogP contribution in [-0.4, -0.2) is 9.97 Å². The predicted molar refractivity (Wildman–Crippen MR) is 111 cm³/mol. The van der Waals surface area contributed by atoms with Crippen LogP contribution in [0.2, 0.25) is 5.15 Å². The molecule has 0 radical (unpaired) electrons. The first kappa shape index (κ1) is 17.8. The molecule has 0 atom stereocenters. The fourth-order valence-corrected chi connectivity index (χ4v) is 5.53. The third-order valence-electron chi connectivity index (χ3n) is 4.44. The molecule has 0 unspecified atom stereocenters. The highest BCUT2D eigenvalue weighted by Gasteiger charge is 2.28. The number of hydrogen-bond acceptors (Lipinski definition) is 5. The summed E-state index contributed by atoms with van der Waals surface area (Å²) < 4.78 is 0. The highest BCUT2D eigenvalue weighted by Crippen LogP contribution is 2.39. The Balaban J connectivity index is 1.54. The summed E-state index contributed by atoms with van der Waals surface area (Å²) in [4.78, 5) is 12.8. The van der Waals surface area contributed by atoms with Gasteiger partial charge in [0.2, 0.25) is 0 Å². The number of hydrogen-bond donors (Lipinski definition) is 1. The summed E-state index contributed by atoms with van der Waals surface area (Å²) in [6, 6.07) is 14.2. The Morgan fingerprint density at radius 3 is 2.73 bits per heavy atom. The Morgan fingerprint density at radius 1 is 1.12 bits per heavy atom. The lowest BCUT2D eigenvalue weighted by Gasteiger charge is -2.28. The molecule has 2 heterocycles. The monoisotopic (exact) mass is 401 g/mol. The molecule has 0 amide bonds. The van der Waals surface area contributed by atoms with Gasteiger partial charge in [0.1, 0.15) is 11.0 Å². The summed E-state index contributed by atoms with van der Waals surface area (Å²) in [5.41, 5.74) is 1.60. The van der Waals surface area contributed by atoms with Crippen molar-refractivity contribution in [2.24, 2.45) is 5.41 Å². The van der Waals surface area contributed by atoms with E-state index in [-0.39, 0.29) is 0 Å². The third-order valence-corrected chi connectivity index (χ3v) is 6.62. The number of aryl methyl sites for hydroxylation is 1. The van der Waals surface area contributed by atoms with Gasteiger partial charge in [-0.2, -0.15) is 0 Å². The summed E-state index contributed by atoms with van der Waals surface area (Å²) in [7, 11) is 0. The predicted octanol–water partition coefficient (Wildman–Crippen LogP) is 6.60. The second kappa shape index (κ2) is 7.22. The van der Waals surface area contributed by atoms with Crippen molar-refractivity contribution in [3.8, 4) is 0 Å². The Bertz CT molecular complexity index is 922. The Kier molecular flexibility index (Phi) is 4.95. The molecule has 1 aliphatic rings. The maximum Gasteiger partial charge on any atom is 0.188 e. The maximum atomic E-state index is 6.24. The van der Waals surface area contributed by atoms with E-state index in [4.69, 9.17) is 16.6 Å². The lowest BCUT2D eigenvalue weighted by Crippen LogP contribution is -2.20. The van der Waals surface area contributed by atoms with E-state index in [1.54, 1.807) is 23.1 Å². The molecule has 2 aromatic heterocycles. The molecule has 134 valence electrons. The largest absolute Gasteiger partial charge is 0.316 e. The van der Waals surface area contributed by atoms with Crippen molar-refractivity contribution in [2.45, 2.75) is 42.9 Å². The van der Waals surface area contributed by atoms with Crippen molar-refractivity contribution in [3.63, 3.8) is 0 Å². The first-order chi connectivity index (χ1) is 12.5. The number of rotatable bonds is 4. The van der Waals surface area contributed by atoms with Crippen molar-refractivity contribution in [1.29, 1.82) is 0 Å². The van der Waals surface area contributed by atoms with Crippen molar-refractivity contribution in [3.05, 3.63) is 58.2 Å². The van der Waals surface area contributed by atoms with Gasteiger partial charge in [-0.1, -0.05) is 55.4 Å². The van der Waals surface area contributed by atoms with Crippen molar-refractivity contribution in [2.75, 3.05) is 5.32 Å². The first-order valence-electron chi connectivity index (χ1n) is 8.63. The van der Waals surface area contributed by atoms with Crippen LogP contribution in [0.15, 0.2) is 52.3 Å². The van der Waals surface area contributed by atoms with Gasteiger partial charge in [0.05, 0.1) is 5.69 Å². The molecule has 0 aliphatic heterocycles. The van der Waals surface area contributed by atoms with Gasteiger partial charge in [-0.05, 0) is 48.9 Å². The van der Waals surface area contributed by atoms with E-state index >= 15 is 0 Å². The molecule has 4 rings (SSSR count). The molecule has 3 nitrogen and oxygen atoms in total. The number of nitrogens with one attached hydrogen (secondary N) is 1. The maximum absolute atomic E-state index is 6.24. The SMILES string of the molecule is CC1(C)CCc2nc(Nc3cc(Sc4ccccc4)cc(Cl)n3)sc2C1. The Morgan fingerprint density at radius 2 is 1.92 bits per heavy atom. The summed E-state index contributed by atoms with van der Waals surface area (Å²) in [5, 5.41) is 4.74. The number of halogens is 1. The van der Waals surface area contributed by atoms with Gasteiger partial charge in [0.25, 0.3) is 0 Å². The third kappa shape index (κ3) is 4.22. The van der Waals surface area contributed by atoms with E-state index in [1.807, 2.05) is 30.3 Å². The van der Waals surface area contributed by atoms with Gasteiger partial charge in [0.15, 0.2) is 5.13 Å². The molecule has 0 spiro atoms. The van der Waals surface area contributed by atoms with Gasteiger partial charge in [-0.3, -0.25) is 0 Å². The van der Waals surface area contributed by atoms with Crippen LogP contribution >= 0.6 is 34.7 Å². The van der Waals surface area contributed by atoms with Gasteiger partial charge >= 0.3 is 0 Å². The van der Waals surface area contributed by atoms with E-state index in [0.717, 1.165) is 28.7 Å². The number of nitrogens with zero attached hydrogens (tertiary/aromatic N) is 2. The average Bonchev–Trinajstić information content (AvgIpc) is 2.95. The zero-order valence-electron chi connectivity index (χ0n) is 14.8. The van der Waals surface area contributed by atoms with Crippen LogP contribution in [0.1, 0.15) is 30.8 Å². The van der Waals surface area contributed by atoms with Gasteiger partial charge in [0, 0.05) is 14.7 Å². The normalized spacial score (nSPS) is 15.5. The van der Waals surface area contributed by atoms with Crippen LogP contribution in [-0.2, 0) is 12.8 Å². The van der Waals surface area contributed by atoms with Crippen molar-refractivity contribution < 1.29 is 0 Å². The molecule has 6 heteroatoms. The summed E-state index contributed by atoms with van der Waals surface area (Å²) in [6.07, 6.45) is 3.34. The fraction of sp³-hybridized carbons (Fsp3) is 0.300. The summed E-state index contributed by atoms with van der Waals surface area (Å²) >= 11 is 9.65. The number of pyridine rings is 1. The minimum atomic E-state index is 0.366. The smallest absolute Gasteiger partial charge is 0.188 e. The van der Waals surface area contributed by atoms with Crippen LogP contribution in [0.25, 0.3) is 0 Å². The van der Waals surface area contributed by atoms with Crippen molar-refractivity contribution in [1.82, 2.24) is 9.97 Å². The molecule has 1 aliphatic carbocycles. The molecular formula is C20H20ClN3S2. The number of anilines is 2. The van der Waals surface area contributed by atoms with Gasteiger partial charge in [-0.15, -0.1) is 11.3 Å². The van der Waals surface area contributed by atoms with Crippen LogP contribution in [0, 0.1) is 5.41 Å². The van der Waals surface area contributed by atoms with E-state index in [9.17, 15) is 0 Å². The highest BCUT2D eigenvalue weighted by molar-refractivity contribution is 7.99. The Labute approximate surface area is 167 Å². The fourth-order valence-electron chi connectivity index (χ4n) is 3.08. The zero-order valence-corrected chi connectivity index (χ0v) is 17.1. The summed E-state index contributed by atoms with van der Waals surface area (Å²) in [6.45, 7) is 4.66. The minimum absolute atomic E-state index is 0.366. The van der Waals surface area contributed by atoms with Crippen molar-refractivity contribution >= 4 is 45.6 Å². The molecule has 0 saturated carbocycles. The van der Waals surface area contributed by atoms with Gasteiger partial charge in [-0.25, -0.2) is 9.97 Å². The second-order valence-corrected chi connectivity index (χ2v) is 9.90. The lowest BCUT2D eigenvalue weighted by molar-refractivity contribution is 0.316. The molecule has 0 bridgehead atoms. The van der Waals surface area contributed by atoms with Crippen LogP contribution < -0.4 is 5.32 Å². The summed E-state index contributed by atoms with van der Waals surface area (Å²) in [5.74, 6) is 0.737. The van der Waals surface area contributed by atoms with E-state index in [1.165, 1.54) is 21.9 Å². The van der Waals surface area contributed by atoms with Gasteiger partial charge < -0.3 is 5.32 Å². The van der Waals surface area contributed by atoms with E-state index in [0.29, 0.717) is 10.6 Å². The topological polar surface area (TPSA) is 37.8 Å². The molecule has 0 fully saturated rings. The zero-order chi connectivity index (χ0) is 18.1. The molecule has 1 N–H and O–H groups in total. The number of thiazole rings is 1. The lowest BCUT2D eigenvalue weighted by atomic mass is 9.79. The quantitative estimate of drug-likeness (QED) is 0.499. The van der Waals surface area contributed by atoms with E-state index < -0.39 is 0 Å². The standard InChI is InChI=1S/C20H20ClN3S2/c1-20(2)9-8-15-16(12-20)26-19(22-15)24-18-11-14(10-17(21)23-18)25-13-6-4-3-5-7-13/h3-7,10-11H,8-9,12H2,1-2H3,(H,22,23,24). The first-order valence-corrected chi connectivity index (χ1v) is 10.6. The second-order valence-electron chi connectivity index (χ2n) is 7.28. The Hall–Kier alpha value is -1.56. The highest BCUT2D eigenvalue weighted by atomic mass is 35.5. The molecular weight excluding hydrogens is 382 g/mol. The number of fused-ring (bicyclic) bond motifs is 1. The van der Waals surface area contributed by atoms with Crippen LogP contribution in [0.5, 0.6) is 0 Å². The number of aromatic nitrogens is 2. The molecule has 1 aromatic carbocycles. The molecule has 0 saturated heterocycles. The molecule has 26 heavy (non-hydrogen) atoms. The average molecular weight is 402 g/mol. The minimum Gasteiger partial charge on any atom is -0.316 e. The molecule has 3 aromatic rings. The van der Waals surface area contributed by atoms with Crippen LogP contribution in [0.4, 0.5) is 10.9 Å². The van der Waals surface area contributed by atoms with Crippen LogP contribution in [0.3, 0.4) is 0 Å². The van der Waals surface area contributed by atoms with E-state index in [2.05, 4.69) is 36.3 Å². The number of benzene rings is 1.